The van der Waals surface area contributed by atoms with Crippen molar-refractivity contribution < 1.29 is 14.6 Å². The second kappa shape index (κ2) is 8.08. The van der Waals surface area contributed by atoms with Crippen LogP contribution < -0.4 is 0 Å². The molecule has 122 valence electrons. The number of amides is 1. The van der Waals surface area contributed by atoms with Gasteiger partial charge in [0.25, 0.3) is 0 Å². The van der Waals surface area contributed by atoms with E-state index in [4.69, 9.17) is 4.74 Å². The van der Waals surface area contributed by atoms with Crippen molar-refractivity contribution in [2.24, 2.45) is 0 Å². The van der Waals surface area contributed by atoms with Crippen LogP contribution in [0.4, 0.5) is 0 Å². The predicted molar refractivity (Wildman–Crippen MR) is 81.2 cm³/mol. The molecule has 2 saturated heterocycles. The summed E-state index contributed by atoms with van der Waals surface area (Å²) in [7, 11) is 2.04. The lowest BCUT2D eigenvalue weighted by molar-refractivity contribution is -0.137. The van der Waals surface area contributed by atoms with Gasteiger partial charge >= 0.3 is 0 Å². The van der Waals surface area contributed by atoms with Gasteiger partial charge in [-0.05, 0) is 33.4 Å². The summed E-state index contributed by atoms with van der Waals surface area (Å²) in [6.45, 7) is 7.82. The minimum absolute atomic E-state index is 0.0834. The minimum atomic E-state index is -0.437. The van der Waals surface area contributed by atoms with Crippen molar-refractivity contribution in [2.75, 3.05) is 59.5 Å². The quantitative estimate of drug-likeness (QED) is 0.725. The lowest BCUT2D eigenvalue weighted by atomic mass is 10.1. The highest BCUT2D eigenvalue weighted by Gasteiger charge is 2.32. The highest BCUT2D eigenvalue weighted by Crippen LogP contribution is 2.18. The molecule has 2 rings (SSSR count). The van der Waals surface area contributed by atoms with Crippen molar-refractivity contribution in [1.82, 2.24) is 14.7 Å². The zero-order chi connectivity index (χ0) is 15.2. The van der Waals surface area contributed by atoms with Crippen LogP contribution in [-0.4, -0.2) is 97.4 Å². The van der Waals surface area contributed by atoms with Gasteiger partial charge in [0.05, 0.1) is 18.8 Å². The van der Waals surface area contributed by atoms with Crippen LogP contribution in [0.25, 0.3) is 0 Å². The number of piperazine rings is 1. The Morgan fingerprint density at radius 2 is 2.00 bits per heavy atom. The molecule has 1 amide bonds. The molecule has 2 aliphatic rings. The van der Waals surface area contributed by atoms with E-state index in [0.29, 0.717) is 19.8 Å². The van der Waals surface area contributed by atoms with Crippen LogP contribution in [0.5, 0.6) is 0 Å². The first-order valence-electron chi connectivity index (χ1n) is 8.09. The number of likely N-dealkylation sites (tertiary alicyclic amines) is 1. The summed E-state index contributed by atoms with van der Waals surface area (Å²) in [4.78, 5) is 18.8. The lowest BCUT2D eigenvalue weighted by Gasteiger charge is -2.37. The molecule has 2 aliphatic heterocycles. The van der Waals surface area contributed by atoms with Crippen LogP contribution in [0.3, 0.4) is 0 Å². The Balaban J connectivity index is 1.71. The summed E-state index contributed by atoms with van der Waals surface area (Å²) in [5.74, 6) is 0.282. The molecule has 21 heavy (non-hydrogen) atoms. The number of rotatable bonds is 6. The van der Waals surface area contributed by atoms with Crippen molar-refractivity contribution in [3.63, 3.8) is 0 Å². The van der Waals surface area contributed by atoms with E-state index in [1.165, 1.54) is 0 Å². The third-order valence-electron chi connectivity index (χ3n) is 4.47. The maximum atomic E-state index is 12.5. The average molecular weight is 299 g/mol. The Kier molecular flexibility index (Phi) is 6.41. The molecule has 2 heterocycles. The van der Waals surface area contributed by atoms with E-state index in [0.717, 1.165) is 45.6 Å². The lowest BCUT2D eigenvalue weighted by Crippen LogP contribution is -2.54. The zero-order valence-corrected chi connectivity index (χ0v) is 13.3. The van der Waals surface area contributed by atoms with Gasteiger partial charge in [-0.2, -0.15) is 0 Å². The second-order valence-corrected chi connectivity index (χ2v) is 6.08. The van der Waals surface area contributed by atoms with E-state index < -0.39 is 6.10 Å². The molecule has 0 aliphatic carbocycles. The molecule has 0 radical (unpaired) electrons. The predicted octanol–water partition coefficient (Wildman–Crippen LogP) is -0.378. The molecule has 1 N–H and O–H groups in total. The van der Waals surface area contributed by atoms with Crippen molar-refractivity contribution in [1.29, 1.82) is 0 Å². The van der Waals surface area contributed by atoms with Crippen LogP contribution in [0.1, 0.15) is 19.8 Å². The van der Waals surface area contributed by atoms with E-state index in [-0.39, 0.29) is 11.9 Å². The number of likely N-dealkylation sites (N-methyl/N-ethyl adjacent to an activating group) is 1. The number of carbonyl (C=O) groups is 1. The van der Waals surface area contributed by atoms with Gasteiger partial charge in [-0.3, -0.25) is 14.6 Å². The highest BCUT2D eigenvalue weighted by molar-refractivity contribution is 5.82. The van der Waals surface area contributed by atoms with Gasteiger partial charge in [0.1, 0.15) is 0 Å². The van der Waals surface area contributed by atoms with Crippen molar-refractivity contribution in [3.05, 3.63) is 0 Å². The van der Waals surface area contributed by atoms with E-state index in [2.05, 4.69) is 9.80 Å². The van der Waals surface area contributed by atoms with Gasteiger partial charge in [-0.25, -0.2) is 0 Å². The van der Waals surface area contributed by atoms with Gasteiger partial charge in [-0.1, -0.05) is 0 Å². The molecular formula is C15H29N3O3. The molecular weight excluding hydrogens is 270 g/mol. The van der Waals surface area contributed by atoms with Crippen LogP contribution in [0.2, 0.25) is 0 Å². The van der Waals surface area contributed by atoms with Crippen LogP contribution in [0, 0.1) is 0 Å². The fourth-order valence-corrected chi connectivity index (χ4v) is 3.19. The summed E-state index contributed by atoms with van der Waals surface area (Å²) >= 11 is 0. The molecule has 0 spiro atoms. The molecule has 6 heteroatoms. The fraction of sp³-hybridized carbons (Fsp3) is 0.933. The fourth-order valence-electron chi connectivity index (χ4n) is 3.19. The molecule has 0 bridgehead atoms. The first-order valence-corrected chi connectivity index (χ1v) is 8.09. The maximum Gasteiger partial charge on any atom is 0.240 e. The Bertz CT molecular complexity index is 332. The molecule has 2 atom stereocenters. The number of aliphatic hydroxyl groups excluding tert-OH is 1. The molecule has 2 unspecified atom stereocenters. The van der Waals surface area contributed by atoms with Crippen molar-refractivity contribution in [2.45, 2.75) is 31.9 Å². The van der Waals surface area contributed by atoms with Crippen LogP contribution in [0.15, 0.2) is 0 Å². The standard InChI is InChI=1S/C15H29N3O3/c1-3-21-12-13(19)11-17-7-9-18(10-8-17)15(20)14-5-4-6-16(14)2/h13-14,19H,3-12H2,1-2H3. The number of carbonyl (C=O) groups excluding carboxylic acids is 1. The van der Waals surface area contributed by atoms with Crippen molar-refractivity contribution in [3.8, 4) is 0 Å². The number of hydrogen-bond donors (Lipinski definition) is 1. The number of ether oxygens (including phenoxy) is 1. The Morgan fingerprint density at radius 1 is 1.29 bits per heavy atom. The second-order valence-electron chi connectivity index (χ2n) is 6.08. The minimum Gasteiger partial charge on any atom is -0.389 e. The Labute approximate surface area is 127 Å². The summed E-state index contributed by atoms with van der Waals surface area (Å²) in [6, 6.07) is 0.0834. The smallest absolute Gasteiger partial charge is 0.240 e. The molecule has 6 nitrogen and oxygen atoms in total. The van der Waals surface area contributed by atoms with Crippen molar-refractivity contribution >= 4 is 5.91 Å². The third-order valence-corrected chi connectivity index (χ3v) is 4.47. The molecule has 0 aromatic rings. The zero-order valence-electron chi connectivity index (χ0n) is 13.3. The number of β-amino-alcohol motifs (C(OH)–C–C–N with tert-alkyl or cyclic N) is 1. The summed E-state index contributed by atoms with van der Waals surface area (Å²) in [5.41, 5.74) is 0. The van der Waals surface area contributed by atoms with Gasteiger partial charge in [-0.15, -0.1) is 0 Å². The Hall–Kier alpha value is -0.690. The Morgan fingerprint density at radius 3 is 2.57 bits per heavy atom. The van der Waals surface area contributed by atoms with E-state index in [9.17, 15) is 9.90 Å². The topological polar surface area (TPSA) is 56.3 Å². The third kappa shape index (κ3) is 4.64. The largest absolute Gasteiger partial charge is 0.389 e. The first kappa shape index (κ1) is 16.7. The molecule has 0 saturated carbocycles. The van der Waals surface area contributed by atoms with Gasteiger partial charge < -0.3 is 14.7 Å². The summed E-state index contributed by atoms with van der Waals surface area (Å²) in [5, 5.41) is 9.86. The van der Waals surface area contributed by atoms with Gasteiger partial charge in [0.2, 0.25) is 5.91 Å². The van der Waals surface area contributed by atoms with Gasteiger partial charge in [0.15, 0.2) is 0 Å². The number of aliphatic hydroxyl groups is 1. The van der Waals surface area contributed by atoms with Crippen LogP contribution in [-0.2, 0) is 9.53 Å². The maximum absolute atomic E-state index is 12.5. The first-order chi connectivity index (χ1) is 10.1. The average Bonchev–Trinajstić information content (AvgIpc) is 2.91. The molecule has 0 aromatic carbocycles. The number of nitrogens with zero attached hydrogens (tertiary/aromatic N) is 3. The van der Waals surface area contributed by atoms with E-state index in [1.54, 1.807) is 0 Å². The normalized spacial score (nSPS) is 26.2. The molecule has 2 fully saturated rings. The number of hydrogen-bond acceptors (Lipinski definition) is 5. The van der Waals surface area contributed by atoms with Crippen LogP contribution >= 0.6 is 0 Å². The molecule has 0 aromatic heterocycles. The SMILES string of the molecule is CCOCC(O)CN1CCN(C(=O)C2CCCN2C)CC1. The summed E-state index contributed by atoms with van der Waals surface area (Å²) < 4.78 is 5.23. The van der Waals surface area contributed by atoms with Gasteiger partial charge in [0, 0.05) is 39.3 Å². The van der Waals surface area contributed by atoms with E-state index >= 15 is 0 Å². The summed E-state index contributed by atoms with van der Waals surface area (Å²) in [6.07, 6.45) is 1.67. The highest BCUT2D eigenvalue weighted by atomic mass is 16.5. The van der Waals surface area contributed by atoms with E-state index in [1.807, 2.05) is 18.9 Å². The monoisotopic (exact) mass is 299 g/mol.